The predicted octanol–water partition coefficient (Wildman–Crippen LogP) is 2.92. The molecule has 0 aromatic carbocycles. The van der Waals surface area contributed by atoms with Crippen molar-refractivity contribution in [1.82, 2.24) is 15.3 Å². The van der Waals surface area contributed by atoms with E-state index in [1.807, 2.05) is 20.8 Å². The summed E-state index contributed by atoms with van der Waals surface area (Å²) in [5.74, 6) is 0.985. The molecule has 2 heterocycles. The summed E-state index contributed by atoms with van der Waals surface area (Å²) in [4.78, 5) is 22.8. The Labute approximate surface area is 138 Å². The maximum atomic E-state index is 11.8. The molecule has 0 bridgehead atoms. The summed E-state index contributed by atoms with van der Waals surface area (Å²) in [6.45, 7) is 9.52. The van der Waals surface area contributed by atoms with Crippen LogP contribution in [-0.2, 0) is 11.2 Å². The van der Waals surface area contributed by atoms with E-state index < -0.39 is 5.60 Å². The second-order valence-electron chi connectivity index (χ2n) is 7.03. The molecule has 0 unspecified atom stereocenters. The highest BCUT2D eigenvalue weighted by molar-refractivity contribution is 5.68. The number of rotatable bonds is 4. The van der Waals surface area contributed by atoms with E-state index in [2.05, 4.69) is 33.2 Å². The van der Waals surface area contributed by atoms with Crippen molar-refractivity contribution in [2.45, 2.75) is 65.0 Å². The summed E-state index contributed by atoms with van der Waals surface area (Å²) < 4.78 is 5.31. The lowest BCUT2D eigenvalue weighted by Crippen LogP contribution is -2.46. The van der Waals surface area contributed by atoms with E-state index in [-0.39, 0.29) is 12.1 Å². The SMILES string of the molecule is CCCc1cc(N2CCC(NC(=O)OC(C)(C)C)CC2)ncn1. The summed E-state index contributed by atoms with van der Waals surface area (Å²) in [5, 5.41) is 2.96. The lowest BCUT2D eigenvalue weighted by atomic mass is 10.1. The van der Waals surface area contributed by atoms with Gasteiger partial charge < -0.3 is 15.0 Å². The number of hydrogen-bond acceptors (Lipinski definition) is 5. The molecule has 1 aliphatic heterocycles. The quantitative estimate of drug-likeness (QED) is 0.924. The van der Waals surface area contributed by atoms with Crippen LogP contribution < -0.4 is 10.2 Å². The molecule has 0 spiro atoms. The number of hydrogen-bond donors (Lipinski definition) is 1. The first kappa shape index (κ1) is 17.5. The van der Waals surface area contributed by atoms with Gasteiger partial charge in [0.2, 0.25) is 0 Å². The number of anilines is 1. The number of carbonyl (C=O) groups is 1. The maximum Gasteiger partial charge on any atom is 0.407 e. The Morgan fingerprint density at radius 2 is 2.04 bits per heavy atom. The molecular weight excluding hydrogens is 292 g/mol. The molecule has 1 saturated heterocycles. The first-order valence-corrected chi connectivity index (χ1v) is 8.43. The van der Waals surface area contributed by atoms with Gasteiger partial charge in [0.25, 0.3) is 0 Å². The van der Waals surface area contributed by atoms with Gasteiger partial charge in [-0.15, -0.1) is 0 Å². The summed E-state index contributed by atoms with van der Waals surface area (Å²) >= 11 is 0. The third-order valence-corrected chi connectivity index (χ3v) is 3.76. The number of piperidine rings is 1. The van der Waals surface area contributed by atoms with Crippen LogP contribution >= 0.6 is 0 Å². The number of alkyl carbamates (subject to hydrolysis) is 1. The molecule has 0 saturated carbocycles. The van der Waals surface area contributed by atoms with E-state index in [9.17, 15) is 4.79 Å². The standard InChI is InChI=1S/C17H28N4O2/c1-5-6-14-11-15(19-12-18-14)21-9-7-13(8-10-21)20-16(22)23-17(2,3)4/h11-13H,5-10H2,1-4H3,(H,20,22). The lowest BCUT2D eigenvalue weighted by Gasteiger charge is -2.33. The Morgan fingerprint density at radius 1 is 1.35 bits per heavy atom. The average molecular weight is 320 g/mol. The molecule has 0 aliphatic carbocycles. The zero-order valence-electron chi connectivity index (χ0n) is 14.6. The molecule has 1 aromatic heterocycles. The number of aryl methyl sites for hydroxylation is 1. The Balaban J connectivity index is 1.84. The second-order valence-corrected chi connectivity index (χ2v) is 7.03. The van der Waals surface area contributed by atoms with E-state index in [0.717, 1.165) is 50.3 Å². The van der Waals surface area contributed by atoms with Crippen molar-refractivity contribution in [2.24, 2.45) is 0 Å². The summed E-state index contributed by atoms with van der Waals surface area (Å²) in [5.41, 5.74) is 0.632. The Hall–Kier alpha value is -1.85. The minimum atomic E-state index is -0.457. The zero-order valence-corrected chi connectivity index (χ0v) is 14.6. The zero-order chi connectivity index (χ0) is 16.9. The Kier molecular flexibility index (Phi) is 5.80. The monoisotopic (exact) mass is 320 g/mol. The summed E-state index contributed by atoms with van der Waals surface area (Å²) in [6, 6.07) is 2.24. The fourth-order valence-electron chi connectivity index (χ4n) is 2.68. The van der Waals surface area contributed by atoms with Gasteiger partial charge >= 0.3 is 6.09 Å². The molecule has 1 aliphatic rings. The van der Waals surface area contributed by atoms with Crippen molar-refractivity contribution in [2.75, 3.05) is 18.0 Å². The average Bonchev–Trinajstić information content (AvgIpc) is 2.46. The van der Waals surface area contributed by atoms with Crippen LogP contribution in [-0.4, -0.2) is 40.8 Å². The molecule has 1 fully saturated rings. The summed E-state index contributed by atoms with van der Waals surface area (Å²) in [6.07, 6.45) is 5.16. The molecule has 6 nitrogen and oxygen atoms in total. The van der Waals surface area contributed by atoms with Gasteiger partial charge in [-0.3, -0.25) is 0 Å². The Morgan fingerprint density at radius 3 is 2.65 bits per heavy atom. The van der Waals surface area contributed by atoms with Crippen molar-refractivity contribution in [3.05, 3.63) is 18.1 Å². The fourth-order valence-corrected chi connectivity index (χ4v) is 2.68. The molecule has 6 heteroatoms. The number of aromatic nitrogens is 2. The van der Waals surface area contributed by atoms with Crippen molar-refractivity contribution in [3.63, 3.8) is 0 Å². The third-order valence-electron chi connectivity index (χ3n) is 3.76. The minimum absolute atomic E-state index is 0.165. The van der Waals surface area contributed by atoms with Gasteiger partial charge in [-0.1, -0.05) is 13.3 Å². The van der Waals surface area contributed by atoms with Gasteiger partial charge in [0.15, 0.2) is 0 Å². The number of nitrogens with one attached hydrogen (secondary N) is 1. The van der Waals surface area contributed by atoms with E-state index in [4.69, 9.17) is 4.74 Å². The van der Waals surface area contributed by atoms with Gasteiger partial charge in [0.1, 0.15) is 17.7 Å². The van der Waals surface area contributed by atoms with E-state index >= 15 is 0 Å². The largest absolute Gasteiger partial charge is 0.444 e. The van der Waals surface area contributed by atoms with Gasteiger partial charge in [-0.2, -0.15) is 0 Å². The molecule has 0 atom stereocenters. The van der Waals surface area contributed by atoms with Crippen molar-refractivity contribution in [3.8, 4) is 0 Å². The minimum Gasteiger partial charge on any atom is -0.444 e. The van der Waals surface area contributed by atoms with Crippen LogP contribution in [0.25, 0.3) is 0 Å². The van der Waals surface area contributed by atoms with Crippen LogP contribution in [0.3, 0.4) is 0 Å². The van der Waals surface area contributed by atoms with E-state index in [0.29, 0.717) is 0 Å². The molecule has 2 rings (SSSR count). The van der Waals surface area contributed by atoms with Crippen LogP contribution in [0.2, 0.25) is 0 Å². The normalized spacial score (nSPS) is 16.3. The first-order valence-electron chi connectivity index (χ1n) is 8.43. The molecule has 0 radical (unpaired) electrons. The smallest absolute Gasteiger partial charge is 0.407 e. The molecule has 1 amide bonds. The first-order chi connectivity index (χ1) is 10.9. The van der Waals surface area contributed by atoms with Crippen molar-refractivity contribution < 1.29 is 9.53 Å². The van der Waals surface area contributed by atoms with E-state index in [1.165, 1.54) is 0 Å². The van der Waals surface area contributed by atoms with Crippen molar-refractivity contribution >= 4 is 11.9 Å². The Bertz CT molecular complexity index is 520. The predicted molar refractivity (Wildman–Crippen MR) is 90.6 cm³/mol. The molecule has 23 heavy (non-hydrogen) atoms. The van der Waals surface area contributed by atoms with Crippen LogP contribution in [0.5, 0.6) is 0 Å². The van der Waals surface area contributed by atoms with Crippen LogP contribution in [0.1, 0.15) is 52.7 Å². The van der Waals surface area contributed by atoms with Crippen molar-refractivity contribution in [1.29, 1.82) is 0 Å². The highest BCUT2D eigenvalue weighted by Crippen LogP contribution is 2.19. The molecule has 128 valence electrons. The van der Waals surface area contributed by atoms with Gasteiger partial charge in [-0.25, -0.2) is 14.8 Å². The number of carbonyl (C=O) groups excluding carboxylic acids is 1. The lowest BCUT2D eigenvalue weighted by molar-refractivity contribution is 0.0497. The second kappa shape index (κ2) is 7.62. The molecule has 1 N–H and O–H groups in total. The van der Waals surface area contributed by atoms with Gasteiger partial charge in [-0.05, 0) is 40.0 Å². The maximum absolute atomic E-state index is 11.8. The van der Waals surface area contributed by atoms with Gasteiger partial charge in [0.05, 0.1) is 0 Å². The highest BCUT2D eigenvalue weighted by Gasteiger charge is 2.24. The van der Waals surface area contributed by atoms with Crippen LogP contribution in [0.4, 0.5) is 10.6 Å². The van der Waals surface area contributed by atoms with Crippen LogP contribution in [0.15, 0.2) is 12.4 Å². The van der Waals surface area contributed by atoms with Gasteiger partial charge in [0, 0.05) is 30.9 Å². The fraction of sp³-hybridized carbons (Fsp3) is 0.706. The van der Waals surface area contributed by atoms with E-state index in [1.54, 1.807) is 6.33 Å². The number of nitrogens with zero attached hydrogens (tertiary/aromatic N) is 3. The third kappa shape index (κ3) is 5.69. The molecular formula is C17H28N4O2. The molecule has 1 aromatic rings. The number of amides is 1. The van der Waals surface area contributed by atoms with Crippen LogP contribution in [0, 0.1) is 0 Å². The summed E-state index contributed by atoms with van der Waals surface area (Å²) in [7, 11) is 0. The topological polar surface area (TPSA) is 67.4 Å². The number of ether oxygens (including phenoxy) is 1. The highest BCUT2D eigenvalue weighted by atomic mass is 16.6.